The molecule has 22 heavy (non-hydrogen) atoms. The van der Waals surface area contributed by atoms with Crippen LogP contribution >= 0.6 is 11.6 Å². The molecule has 1 amide bonds. The van der Waals surface area contributed by atoms with Gasteiger partial charge in [-0.2, -0.15) is 0 Å². The molecular formula is C17H18ClNO3. The molecule has 0 fully saturated rings. The van der Waals surface area contributed by atoms with Gasteiger partial charge in [-0.25, -0.2) is 0 Å². The van der Waals surface area contributed by atoms with Gasteiger partial charge in [0.25, 0.3) is 5.91 Å². The first-order chi connectivity index (χ1) is 10.5. The van der Waals surface area contributed by atoms with Crippen molar-refractivity contribution in [3.63, 3.8) is 0 Å². The lowest BCUT2D eigenvalue weighted by atomic mass is 10.1. The molecule has 4 nitrogen and oxygen atoms in total. The molecule has 0 aliphatic rings. The summed E-state index contributed by atoms with van der Waals surface area (Å²) in [6.45, 7) is 1.91. The normalized spacial score (nSPS) is 11.6. The minimum absolute atomic E-state index is 0.154. The highest BCUT2D eigenvalue weighted by molar-refractivity contribution is 6.30. The quantitative estimate of drug-likeness (QED) is 0.910. The Hall–Kier alpha value is -2.20. The molecule has 116 valence electrons. The highest BCUT2D eigenvalue weighted by Crippen LogP contribution is 2.29. The number of rotatable bonds is 5. The van der Waals surface area contributed by atoms with Crippen LogP contribution in [0.4, 0.5) is 0 Å². The molecule has 0 heterocycles. The zero-order valence-corrected chi connectivity index (χ0v) is 13.5. The molecule has 0 unspecified atom stereocenters. The van der Waals surface area contributed by atoms with Gasteiger partial charge in [-0.05, 0) is 48.9 Å². The van der Waals surface area contributed by atoms with Crippen LogP contribution in [0.3, 0.4) is 0 Å². The molecule has 5 heteroatoms. The highest BCUT2D eigenvalue weighted by Gasteiger charge is 2.13. The predicted molar refractivity (Wildman–Crippen MR) is 86.9 cm³/mol. The van der Waals surface area contributed by atoms with Crippen LogP contribution in [0.25, 0.3) is 0 Å². The van der Waals surface area contributed by atoms with Crippen LogP contribution in [0.2, 0.25) is 5.02 Å². The molecule has 0 aromatic heterocycles. The Morgan fingerprint density at radius 3 is 2.27 bits per heavy atom. The van der Waals surface area contributed by atoms with Gasteiger partial charge in [0.1, 0.15) is 0 Å². The average molecular weight is 320 g/mol. The summed E-state index contributed by atoms with van der Waals surface area (Å²) >= 11 is 5.82. The Kier molecular flexibility index (Phi) is 5.28. The third-order valence-electron chi connectivity index (χ3n) is 3.36. The topological polar surface area (TPSA) is 47.6 Å². The number of nitrogens with one attached hydrogen (secondary N) is 1. The number of carbonyl (C=O) groups excluding carboxylic acids is 1. The lowest BCUT2D eigenvalue weighted by Crippen LogP contribution is -2.26. The maximum absolute atomic E-state index is 12.2. The van der Waals surface area contributed by atoms with Gasteiger partial charge in [-0.3, -0.25) is 4.79 Å². The van der Waals surface area contributed by atoms with E-state index in [9.17, 15) is 4.79 Å². The summed E-state index contributed by atoms with van der Waals surface area (Å²) < 4.78 is 10.5. The first-order valence-electron chi connectivity index (χ1n) is 6.83. The summed E-state index contributed by atoms with van der Waals surface area (Å²) in [4.78, 5) is 12.2. The molecule has 2 aromatic rings. The molecule has 0 aliphatic carbocycles. The van der Waals surface area contributed by atoms with Gasteiger partial charge in [0, 0.05) is 10.6 Å². The van der Waals surface area contributed by atoms with Crippen molar-refractivity contribution in [1.29, 1.82) is 0 Å². The largest absolute Gasteiger partial charge is 0.493 e. The SMILES string of the molecule is COc1ccc([C@H](C)NC(=O)c2ccc(Cl)cc2)cc1OC. The number of benzene rings is 2. The number of hydrogen-bond donors (Lipinski definition) is 1. The van der Waals surface area contributed by atoms with E-state index in [0.717, 1.165) is 5.56 Å². The summed E-state index contributed by atoms with van der Waals surface area (Å²) in [5.41, 5.74) is 1.50. The Labute approximate surface area is 135 Å². The number of methoxy groups -OCH3 is 2. The minimum atomic E-state index is -0.164. The Balaban J connectivity index is 2.13. The Bertz CT molecular complexity index is 655. The van der Waals surface area contributed by atoms with Crippen molar-refractivity contribution in [1.82, 2.24) is 5.32 Å². The highest BCUT2D eigenvalue weighted by atomic mass is 35.5. The van der Waals surface area contributed by atoms with Gasteiger partial charge in [0.05, 0.1) is 20.3 Å². The smallest absolute Gasteiger partial charge is 0.251 e. The van der Waals surface area contributed by atoms with Gasteiger partial charge in [-0.1, -0.05) is 17.7 Å². The van der Waals surface area contributed by atoms with E-state index in [2.05, 4.69) is 5.32 Å². The van der Waals surface area contributed by atoms with Gasteiger partial charge >= 0.3 is 0 Å². The minimum Gasteiger partial charge on any atom is -0.493 e. The van der Waals surface area contributed by atoms with Crippen LogP contribution in [0.1, 0.15) is 28.9 Å². The van der Waals surface area contributed by atoms with E-state index < -0.39 is 0 Å². The molecule has 0 aliphatic heterocycles. The third-order valence-corrected chi connectivity index (χ3v) is 3.61. The van der Waals surface area contributed by atoms with Gasteiger partial charge in [0.15, 0.2) is 11.5 Å². The molecule has 0 saturated carbocycles. The lowest BCUT2D eigenvalue weighted by Gasteiger charge is -2.16. The van der Waals surface area contributed by atoms with Crippen molar-refractivity contribution >= 4 is 17.5 Å². The maximum atomic E-state index is 12.2. The van der Waals surface area contributed by atoms with E-state index in [1.807, 2.05) is 25.1 Å². The number of ether oxygens (including phenoxy) is 2. The second kappa shape index (κ2) is 7.18. The predicted octanol–water partition coefficient (Wildman–Crippen LogP) is 3.85. The number of halogens is 1. The van der Waals surface area contributed by atoms with Crippen molar-refractivity contribution in [2.45, 2.75) is 13.0 Å². The van der Waals surface area contributed by atoms with Crippen LogP contribution in [0, 0.1) is 0 Å². The van der Waals surface area contributed by atoms with Crippen molar-refractivity contribution in [3.05, 3.63) is 58.6 Å². The van der Waals surface area contributed by atoms with Crippen LogP contribution in [-0.4, -0.2) is 20.1 Å². The van der Waals surface area contributed by atoms with E-state index in [4.69, 9.17) is 21.1 Å². The monoisotopic (exact) mass is 319 g/mol. The molecule has 2 rings (SSSR count). The standard InChI is InChI=1S/C17H18ClNO3/c1-11(13-6-9-15(21-2)16(10-13)22-3)19-17(20)12-4-7-14(18)8-5-12/h4-11H,1-3H3,(H,19,20)/t11-/m0/s1. The van der Waals surface area contributed by atoms with Crippen molar-refractivity contribution in [2.75, 3.05) is 14.2 Å². The zero-order chi connectivity index (χ0) is 16.1. The summed E-state index contributed by atoms with van der Waals surface area (Å²) in [5.74, 6) is 1.13. The number of amides is 1. The van der Waals surface area contributed by atoms with E-state index in [0.29, 0.717) is 22.1 Å². The van der Waals surface area contributed by atoms with E-state index >= 15 is 0 Å². The van der Waals surface area contributed by atoms with Crippen molar-refractivity contribution in [3.8, 4) is 11.5 Å². The zero-order valence-electron chi connectivity index (χ0n) is 12.7. The average Bonchev–Trinajstić information content (AvgIpc) is 2.54. The van der Waals surface area contributed by atoms with Gasteiger partial charge in [-0.15, -0.1) is 0 Å². The first kappa shape index (κ1) is 16.2. The summed E-state index contributed by atoms with van der Waals surface area (Å²) in [6, 6.07) is 12.2. The van der Waals surface area contributed by atoms with Crippen molar-refractivity contribution < 1.29 is 14.3 Å². The van der Waals surface area contributed by atoms with Crippen molar-refractivity contribution in [2.24, 2.45) is 0 Å². The Morgan fingerprint density at radius 1 is 1.05 bits per heavy atom. The third kappa shape index (κ3) is 3.71. The molecular weight excluding hydrogens is 302 g/mol. The van der Waals surface area contributed by atoms with Crippen LogP contribution < -0.4 is 14.8 Å². The molecule has 1 N–H and O–H groups in total. The summed E-state index contributed by atoms with van der Waals surface area (Å²) in [7, 11) is 3.17. The Morgan fingerprint density at radius 2 is 1.68 bits per heavy atom. The number of hydrogen-bond acceptors (Lipinski definition) is 3. The first-order valence-corrected chi connectivity index (χ1v) is 7.21. The van der Waals surface area contributed by atoms with Crippen LogP contribution in [0.15, 0.2) is 42.5 Å². The van der Waals surface area contributed by atoms with E-state index in [-0.39, 0.29) is 11.9 Å². The fourth-order valence-corrected chi connectivity index (χ4v) is 2.21. The second-order valence-corrected chi connectivity index (χ2v) is 5.25. The molecule has 1 atom stereocenters. The lowest BCUT2D eigenvalue weighted by molar-refractivity contribution is 0.0940. The van der Waals surface area contributed by atoms with Crippen LogP contribution in [-0.2, 0) is 0 Å². The fourth-order valence-electron chi connectivity index (χ4n) is 2.09. The van der Waals surface area contributed by atoms with E-state index in [1.165, 1.54) is 0 Å². The molecule has 0 bridgehead atoms. The number of carbonyl (C=O) groups is 1. The second-order valence-electron chi connectivity index (χ2n) is 4.82. The maximum Gasteiger partial charge on any atom is 0.251 e. The summed E-state index contributed by atoms with van der Waals surface area (Å²) in [6.07, 6.45) is 0. The van der Waals surface area contributed by atoms with Crippen LogP contribution in [0.5, 0.6) is 11.5 Å². The molecule has 0 saturated heterocycles. The molecule has 0 spiro atoms. The molecule has 2 aromatic carbocycles. The summed E-state index contributed by atoms with van der Waals surface area (Å²) in [5, 5.41) is 3.54. The van der Waals surface area contributed by atoms with Gasteiger partial charge in [0.2, 0.25) is 0 Å². The van der Waals surface area contributed by atoms with E-state index in [1.54, 1.807) is 38.5 Å². The van der Waals surface area contributed by atoms with Gasteiger partial charge < -0.3 is 14.8 Å². The molecule has 0 radical (unpaired) electrons. The fraction of sp³-hybridized carbons (Fsp3) is 0.235.